The Morgan fingerprint density at radius 1 is 1.29 bits per heavy atom. The minimum atomic E-state index is -4.14. The number of sulfonamides is 1. The van der Waals surface area contributed by atoms with Gasteiger partial charge in [-0.25, -0.2) is 22.6 Å². The van der Waals surface area contributed by atoms with Gasteiger partial charge in [-0.05, 0) is 43.7 Å². The summed E-state index contributed by atoms with van der Waals surface area (Å²) in [7, 11) is -2.65. The summed E-state index contributed by atoms with van der Waals surface area (Å²) in [5, 5.41) is 15.9. The predicted molar refractivity (Wildman–Crippen MR) is 122 cm³/mol. The molecule has 1 amide bonds. The SMILES string of the molecule is CCC(C)C(=O)Nc1ccc(Oc2c(C)c(C(=O)O)nn2C)c(S(=O)(=O)NCc2ccco2)c1. The zero-order valence-electron chi connectivity index (χ0n) is 19.2. The molecule has 0 spiro atoms. The van der Waals surface area contributed by atoms with E-state index in [2.05, 4.69) is 15.1 Å². The first-order valence-corrected chi connectivity index (χ1v) is 11.9. The van der Waals surface area contributed by atoms with E-state index >= 15 is 0 Å². The van der Waals surface area contributed by atoms with E-state index in [4.69, 9.17) is 9.15 Å². The second-order valence-electron chi connectivity index (χ2n) is 7.67. The van der Waals surface area contributed by atoms with Gasteiger partial charge in [0.1, 0.15) is 16.4 Å². The Morgan fingerprint density at radius 2 is 2.03 bits per heavy atom. The van der Waals surface area contributed by atoms with Crippen LogP contribution in [-0.2, 0) is 28.4 Å². The molecule has 182 valence electrons. The molecular weight excluding hydrogens is 464 g/mol. The molecule has 0 aliphatic carbocycles. The molecule has 2 aromatic heterocycles. The highest BCUT2D eigenvalue weighted by atomic mass is 32.2. The van der Waals surface area contributed by atoms with Crippen LogP contribution in [0.15, 0.2) is 45.9 Å². The number of aromatic carboxylic acids is 1. The van der Waals surface area contributed by atoms with Gasteiger partial charge in [0.25, 0.3) is 0 Å². The monoisotopic (exact) mass is 490 g/mol. The highest BCUT2D eigenvalue weighted by Gasteiger charge is 2.25. The standard InChI is InChI=1S/C22H26N4O7S/c1-5-13(2)20(27)24-15-8-9-17(33-21-14(3)19(22(28)29)25-26(21)4)18(11-15)34(30,31)23-12-16-7-6-10-32-16/h6-11,13,23H,5,12H2,1-4H3,(H,24,27)(H,28,29). The number of benzene rings is 1. The number of ether oxygens (including phenoxy) is 1. The highest BCUT2D eigenvalue weighted by Crippen LogP contribution is 2.34. The van der Waals surface area contributed by atoms with Crippen molar-refractivity contribution in [1.29, 1.82) is 0 Å². The van der Waals surface area contributed by atoms with Crippen LogP contribution in [0.2, 0.25) is 0 Å². The van der Waals surface area contributed by atoms with E-state index in [1.54, 1.807) is 19.1 Å². The summed E-state index contributed by atoms with van der Waals surface area (Å²) in [5.41, 5.74) is 0.287. The van der Waals surface area contributed by atoms with Crippen molar-refractivity contribution in [2.24, 2.45) is 13.0 Å². The van der Waals surface area contributed by atoms with Gasteiger partial charge in [0.15, 0.2) is 5.69 Å². The second kappa shape index (κ2) is 10.1. The van der Waals surface area contributed by atoms with Crippen molar-refractivity contribution in [2.75, 3.05) is 5.32 Å². The lowest BCUT2D eigenvalue weighted by Gasteiger charge is -2.16. The first kappa shape index (κ1) is 25.0. The summed E-state index contributed by atoms with van der Waals surface area (Å²) >= 11 is 0. The molecule has 0 bridgehead atoms. The molecule has 1 atom stereocenters. The van der Waals surface area contributed by atoms with Crippen LogP contribution < -0.4 is 14.8 Å². The number of furan rings is 1. The van der Waals surface area contributed by atoms with Crippen molar-refractivity contribution < 1.29 is 32.3 Å². The molecule has 2 heterocycles. The van der Waals surface area contributed by atoms with Crippen molar-refractivity contribution in [2.45, 2.75) is 38.6 Å². The fraction of sp³-hybridized carbons (Fsp3) is 0.318. The van der Waals surface area contributed by atoms with Crippen molar-refractivity contribution in [1.82, 2.24) is 14.5 Å². The van der Waals surface area contributed by atoms with Gasteiger partial charge in [0.05, 0.1) is 12.8 Å². The number of hydrogen-bond acceptors (Lipinski definition) is 7. The van der Waals surface area contributed by atoms with E-state index in [1.807, 2.05) is 6.92 Å². The van der Waals surface area contributed by atoms with Gasteiger partial charge >= 0.3 is 5.97 Å². The molecule has 0 radical (unpaired) electrons. The van der Waals surface area contributed by atoms with Crippen LogP contribution in [-0.4, -0.2) is 35.2 Å². The molecule has 0 aliphatic heterocycles. The van der Waals surface area contributed by atoms with Gasteiger partial charge < -0.3 is 19.6 Å². The zero-order chi connectivity index (χ0) is 25.0. The molecular formula is C22H26N4O7S. The van der Waals surface area contributed by atoms with E-state index in [0.29, 0.717) is 12.2 Å². The van der Waals surface area contributed by atoms with Crippen LogP contribution in [0.1, 0.15) is 42.1 Å². The van der Waals surface area contributed by atoms with Crippen molar-refractivity contribution in [3.05, 3.63) is 53.6 Å². The number of aromatic nitrogens is 2. The summed E-state index contributed by atoms with van der Waals surface area (Å²) in [6.45, 7) is 5.04. The number of hydrogen-bond donors (Lipinski definition) is 3. The van der Waals surface area contributed by atoms with Crippen LogP contribution in [0.25, 0.3) is 0 Å². The number of carboxylic acid groups (broad SMARTS) is 1. The van der Waals surface area contributed by atoms with Gasteiger partial charge in [-0.3, -0.25) is 4.79 Å². The second-order valence-corrected chi connectivity index (χ2v) is 9.41. The van der Waals surface area contributed by atoms with Crippen molar-refractivity contribution in [3.63, 3.8) is 0 Å². The number of nitrogens with zero attached hydrogens (tertiary/aromatic N) is 2. The topological polar surface area (TPSA) is 153 Å². The number of carbonyl (C=O) groups is 2. The quantitative estimate of drug-likeness (QED) is 0.391. The summed E-state index contributed by atoms with van der Waals surface area (Å²) < 4.78 is 41.0. The Hall–Kier alpha value is -3.64. The Labute approximate surface area is 196 Å². The van der Waals surface area contributed by atoms with E-state index in [9.17, 15) is 23.1 Å². The van der Waals surface area contributed by atoms with E-state index in [0.717, 1.165) is 0 Å². The molecule has 1 aromatic carbocycles. The van der Waals surface area contributed by atoms with Gasteiger partial charge in [0.2, 0.25) is 21.8 Å². The van der Waals surface area contributed by atoms with Gasteiger partial charge in [-0.2, -0.15) is 5.10 Å². The molecule has 0 saturated carbocycles. The van der Waals surface area contributed by atoms with Crippen molar-refractivity contribution >= 4 is 27.6 Å². The highest BCUT2D eigenvalue weighted by molar-refractivity contribution is 7.89. The average Bonchev–Trinajstić information content (AvgIpc) is 3.41. The molecule has 0 saturated heterocycles. The third-order valence-corrected chi connectivity index (χ3v) is 6.63. The Bertz CT molecular complexity index is 1300. The lowest BCUT2D eigenvalue weighted by Crippen LogP contribution is -2.24. The van der Waals surface area contributed by atoms with Crippen LogP contribution in [0, 0.1) is 12.8 Å². The summed E-state index contributed by atoms with van der Waals surface area (Å²) in [6, 6.07) is 7.43. The Kier molecular flexibility index (Phi) is 7.42. The normalized spacial score (nSPS) is 12.4. The Balaban J connectivity index is 2.01. The number of rotatable bonds is 10. The van der Waals surface area contributed by atoms with E-state index in [1.165, 1.54) is 43.1 Å². The number of aryl methyl sites for hydroxylation is 1. The smallest absolute Gasteiger partial charge is 0.356 e. The van der Waals surface area contributed by atoms with E-state index < -0.39 is 16.0 Å². The zero-order valence-corrected chi connectivity index (χ0v) is 20.0. The molecule has 0 fully saturated rings. The average molecular weight is 491 g/mol. The third kappa shape index (κ3) is 5.46. The number of carbonyl (C=O) groups excluding carboxylic acids is 1. The molecule has 0 aliphatic rings. The maximum absolute atomic E-state index is 13.2. The van der Waals surface area contributed by atoms with Crippen LogP contribution in [0.3, 0.4) is 0 Å². The first-order valence-electron chi connectivity index (χ1n) is 10.4. The fourth-order valence-electron chi connectivity index (χ4n) is 3.05. The molecule has 1 unspecified atom stereocenters. The molecule has 3 aromatic rings. The minimum Gasteiger partial charge on any atom is -0.476 e. The fourth-order valence-corrected chi connectivity index (χ4v) is 4.20. The predicted octanol–water partition coefficient (Wildman–Crippen LogP) is 3.28. The molecule has 11 nitrogen and oxygen atoms in total. The summed E-state index contributed by atoms with van der Waals surface area (Å²) in [4.78, 5) is 23.5. The molecule has 3 rings (SSSR count). The Morgan fingerprint density at radius 3 is 2.62 bits per heavy atom. The van der Waals surface area contributed by atoms with E-state index in [-0.39, 0.29) is 51.8 Å². The lowest BCUT2D eigenvalue weighted by atomic mass is 10.1. The third-order valence-electron chi connectivity index (χ3n) is 5.21. The van der Waals surface area contributed by atoms with Crippen LogP contribution in [0.4, 0.5) is 5.69 Å². The lowest BCUT2D eigenvalue weighted by molar-refractivity contribution is -0.119. The van der Waals surface area contributed by atoms with Crippen LogP contribution >= 0.6 is 0 Å². The molecule has 3 N–H and O–H groups in total. The van der Waals surface area contributed by atoms with Gasteiger partial charge in [-0.15, -0.1) is 0 Å². The largest absolute Gasteiger partial charge is 0.476 e. The maximum Gasteiger partial charge on any atom is 0.356 e. The first-order chi connectivity index (χ1) is 16.0. The molecule has 12 heteroatoms. The van der Waals surface area contributed by atoms with Crippen LogP contribution in [0.5, 0.6) is 11.6 Å². The number of anilines is 1. The maximum atomic E-state index is 13.2. The summed E-state index contributed by atoms with van der Waals surface area (Å²) in [5.74, 6) is -1.36. The minimum absolute atomic E-state index is 0.0660. The molecule has 34 heavy (non-hydrogen) atoms. The summed E-state index contributed by atoms with van der Waals surface area (Å²) in [6.07, 6.45) is 2.04. The number of nitrogens with one attached hydrogen (secondary N) is 2. The number of carboxylic acids is 1. The van der Waals surface area contributed by atoms with Gasteiger partial charge in [-0.1, -0.05) is 13.8 Å². The van der Waals surface area contributed by atoms with Crippen molar-refractivity contribution in [3.8, 4) is 11.6 Å². The van der Waals surface area contributed by atoms with Gasteiger partial charge in [0, 0.05) is 24.2 Å². The number of amides is 1.